The number of hydrogen-bond acceptors (Lipinski definition) is 4. The van der Waals surface area contributed by atoms with E-state index in [9.17, 15) is 14.4 Å². The van der Waals surface area contributed by atoms with Crippen molar-refractivity contribution in [1.82, 2.24) is 0 Å². The Bertz CT molecular complexity index is 130. The SMILES string of the molecule is CC(Br)C(O)P(=O)([O-])[O-]. The van der Waals surface area contributed by atoms with E-state index in [1.807, 2.05) is 0 Å². The fourth-order valence-electron chi connectivity index (χ4n) is 0.252. The Balaban J connectivity index is 4.05. The van der Waals surface area contributed by atoms with Gasteiger partial charge < -0.3 is 19.5 Å². The van der Waals surface area contributed by atoms with E-state index in [1.165, 1.54) is 6.92 Å². The predicted octanol–water partition coefficient (Wildman–Crippen LogP) is -0.998. The lowest BCUT2D eigenvalue weighted by Gasteiger charge is -2.36. The molecule has 56 valence electrons. The summed E-state index contributed by atoms with van der Waals surface area (Å²) in [5, 5.41) is 8.53. The van der Waals surface area contributed by atoms with E-state index in [-0.39, 0.29) is 0 Å². The van der Waals surface area contributed by atoms with E-state index in [1.54, 1.807) is 0 Å². The normalized spacial score (nSPS) is 19.2. The fraction of sp³-hybridized carbons (Fsp3) is 1.00. The molecule has 2 unspecified atom stereocenters. The summed E-state index contributed by atoms with van der Waals surface area (Å²) in [4.78, 5) is 19.2. The van der Waals surface area contributed by atoms with Crippen molar-refractivity contribution in [3.05, 3.63) is 0 Å². The molecule has 0 saturated heterocycles. The summed E-state index contributed by atoms with van der Waals surface area (Å²) in [5.74, 6) is -1.82. The van der Waals surface area contributed by atoms with Gasteiger partial charge in [-0.1, -0.05) is 15.9 Å². The van der Waals surface area contributed by atoms with Crippen molar-refractivity contribution in [2.24, 2.45) is 0 Å². The van der Waals surface area contributed by atoms with Gasteiger partial charge in [0.05, 0.1) is 5.85 Å². The topological polar surface area (TPSA) is 83.4 Å². The van der Waals surface area contributed by atoms with Gasteiger partial charge in [0.15, 0.2) is 0 Å². The first-order chi connectivity index (χ1) is 3.85. The predicted molar refractivity (Wildman–Crippen MR) is 32.0 cm³/mol. The molecule has 4 nitrogen and oxygen atoms in total. The Hall–Kier alpha value is 0.590. The van der Waals surface area contributed by atoms with Gasteiger partial charge in [0.2, 0.25) is 0 Å². The summed E-state index contributed by atoms with van der Waals surface area (Å²) in [7, 11) is -4.80. The molecule has 0 spiro atoms. The number of alkyl halides is 1. The number of aliphatic hydroxyl groups excluding tert-OH is 1. The molecule has 0 aromatic heterocycles. The average molecular weight is 217 g/mol. The van der Waals surface area contributed by atoms with Crippen LogP contribution in [0.2, 0.25) is 0 Å². The number of hydrogen-bond donors (Lipinski definition) is 1. The van der Waals surface area contributed by atoms with Crippen molar-refractivity contribution >= 4 is 23.5 Å². The second-order valence-electron chi connectivity index (χ2n) is 1.63. The van der Waals surface area contributed by atoms with Gasteiger partial charge in [-0.15, -0.1) is 0 Å². The smallest absolute Gasteiger partial charge is 0.0929 e. The lowest BCUT2D eigenvalue weighted by Crippen LogP contribution is -2.30. The summed E-state index contributed by atoms with van der Waals surface area (Å²) < 4.78 is 9.96. The van der Waals surface area contributed by atoms with Gasteiger partial charge in [-0.25, -0.2) is 0 Å². The van der Waals surface area contributed by atoms with Crippen LogP contribution in [0.5, 0.6) is 0 Å². The van der Waals surface area contributed by atoms with E-state index < -0.39 is 18.3 Å². The molecule has 2 atom stereocenters. The Morgan fingerprint density at radius 3 is 2.00 bits per heavy atom. The van der Waals surface area contributed by atoms with Crippen molar-refractivity contribution in [3.8, 4) is 0 Å². The molecule has 1 N–H and O–H groups in total. The molecule has 0 fully saturated rings. The highest BCUT2D eigenvalue weighted by atomic mass is 79.9. The minimum atomic E-state index is -4.80. The summed E-state index contributed by atoms with van der Waals surface area (Å²) in [6, 6.07) is 0. The highest BCUT2D eigenvalue weighted by Crippen LogP contribution is 2.33. The molecule has 0 bridgehead atoms. The van der Waals surface area contributed by atoms with Crippen LogP contribution in [-0.4, -0.2) is 15.8 Å². The highest BCUT2D eigenvalue weighted by Gasteiger charge is 2.13. The molecule has 0 amide bonds. The number of rotatable bonds is 2. The molecule has 0 aromatic carbocycles. The van der Waals surface area contributed by atoms with Crippen LogP contribution >= 0.6 is 23.5 Å². The summed E-state index contributed by atoms with van der Waals surface area (Å²) in [6.45, 7) is 1.38. The van der Waals surface area contributed by atoms with E-state index in [2.05, 4.69) is 15.9 Å². The number of aliphatic hydroxyl groups is 1. The second kappa shape index (κ2) is 3.12. The molecule has 0 rings (SSSR count). The first-order valence-electron chi connectivity index (χ1n) is 2.19. The van der Waals surface area contributed by atoms with Crippen LogP contribution in [-0.2, 0) is 4.57 Å². The zero-order valence-electron chi connectivity index (χ0n) is 4.65. The first-order valence-corrected chi connectivity index (χ1v) is 4.72. The maximum absolute atomic E-state index is 9.96. The monoisotopic (exact) mass is 216 g/mol. The molecule has 0 aliphatic rings. The maximum atomic E-state index is 9.96. The Kier molecular flexibility index (Phi) is 3.33. The molecule has 0 heterocycles. The van der Waals surface area contributed by atoms with E-state index >= 15 is 0 Å². The lowest BCUT2D eigenvalue weighted by molar-refractivity contribution is -0.322. The van der Waals surface area contributed by atoms with Crippen LogP contribution in [0.1, 0.15) is 6.92 Å². The first kappa shape index (κ1) is 9.59. The van der Waals surface area contributed by atoms with Gasteiger partial charge in [-0.2, -0.15) is 0 Å². The standard InChI is InChI=1S/C3H8BrO4P/c1-2(4)3(5)9(6,7)8/h2-3,5H,1H3,(H2,6,7,8)/p-2. The average Bonchev–Trinajstić information content (AvgIpc) is 1.62. The molecule has 9 heavy (non-hydrogen) atoms. The summed E-state index contributed by atoms with van der Waals surface area (Å²) in [5.41, 5.74) is 0. The fourth-order valence-corrected chi connectivity index (χ4v) is 1.62. The molecule has 0 aromatic rings. The molecule has 0 saturated carbocycles. The maximum Gasteiger partial charge on any atom is 0.0929 e. The van der Waals surface area contributed by atoms with Crippen molar-refractivity contribution < 1.29 is 19.5 Å². The summed E-state index contributed by atoms with van der Waals surface area (Å²) in [6.07, 6.45) is 0. The Morgan fingerprint density at radius 1 is 1.67 bits per heavy atom. The van der Waals surface area contributed by atoms with Crippen LogP contribution in [0.15, 0.2) is 0 Å². The zero-order chi connectivity index (χ0) is 7.65. The van der Waals surface area contributed by atoms with E-state index in [0.29, 0.717) is 0 Å². The Morgan fingerprint density at radius 2 is 2.00 bits per heavy atom. The Labute approximate surface area is 61.2 Å². The minimum absolute atomic E-state index is 0.710. The highest BCUT2D eigenvalue weighted by molar-refractivity contribution is 9.09. The van der Waals surface area contributed by atoms with Crippen LogP contribution in [0, 0.1) is 0 Å². The van der Waals surface area contributed by atoms with Crippen LogP contribution in [0.25, 0.3) is 0 Å². The van der Waals surface area contributed by atoms with E-state index in [4.69, 9.17) is 5.11 Å². The molecule has 0 radical (unpaired) electrons. The van der Waals surface area contributed by atoms with Crippen molar-refractivity contribution in [3.63, 3.8) is 0 Å². The molecule has 0 aliphatic carbocycles. The van der Waals surface area contributed by atoms with Gasteiger partial charge in [-0.05, 0) is 14.5 Å². The van der Waals surface area contributed by atoms with Crippen molar-refractivity contribution in [2.75, 3.05) is 0 Å². The second-order valence-corrected chi connectivity index (χ2v) is 4.68. The van der Waals surface area contributed by atoms with Crippen molar-refractivity contribution in [2.45, 2.75) is 17.6 Å². The third kappa shape index (κ3) is 3.33. The third-order valence-corrected chi connectivity index (χ3v) is 2.74. The quantitative estimate of drug-likeness (QED) is 0.475. The zero-order valence-corrected chi connectivity index (χ0v) is 7.13. The third-order valence-electron chi connectivity index (χ3n) is 0.735. The van der Waals surface area contributed by atoms with Gasteiger partial charge in [0.1, 0.15) is 0 Å². The van der Waals surface area contributed by atoms with Crippen LogP contribution < -0.4 is 9.79 Å². The van der Waals surface area contributed by atoms with Gasteiger partial charge in [-0.3, -0.25) is 0 Å². The molecule has 6 heteroatoms. The molecule has 0 aliphatic heterocycles. The largest absolute Gasteiger partial charge is 0.809 e. The molecular weight excluding hydrogens is 211 g/mol. The van der Waals surface area contributed by atoms with Gasteiger partial charge >= 0.3 is 0 Å². The van der Waals surface area contributed by atoms with Gasteiger partial charge in [0, 0.05) is 4.83 Å². The van der Waals surface area contributed by atoms with Gasteiger partial charge in [0.25, 0.3) is 0 Å². The summed E-state index contributed by atoms with van der Waals surface area (Å²) >= 11 is 2.75. The minimum Gasteiger partial charge on any atom is -0.809 e. The molecular formula is C3H6BrO4P-2. The number of halogens is 1. The lowest BCUT2D eigenvalue weighted by atomic mass is 10.5. The van der Waals surface area contributed by atoms with Crippen LogP contribution in [0.4, 0.5) is 0 Å². The van der Waals surface area contributed by atoms with E-state index in [0.717, 1.165) is 0 Å². The van der Waals surface area contributed by atoms with Crippen molar-refractivity contribution in [1.29, 1.82) is 0 Å². The van der Waals surface area contributed by atoms with Crippen LogP contribution in [0.3, 0.4) is 0 Å².